The van der Waals surface area contributed by atoms with Crippen LogP contribution in [0.4, 0.5) is 0 Å². The number of hydrogen-bond acceptors (Lipinski definition) is 5. The SMILES string of the molecule is CC(NC(=O)c1cc(S(=O)(=O)N(C)C(C)C)ccc1Cl)c1ccc(-n2cncn2)cc1. The first-order valence-corrected chi connectivity index (χ1v) is 11.5. The highest BCUT2D eigenvalue weighted by atomic mass is 35.5. The molecule has 10 heteroatoms. The molecule has 1 aromatic heterocycles. The van der Waals surface area contributed by atoms with Crippen molar-refractivity contribution in [1.29, 1.82) is 0 Å². The summed E-state index contributed by atoms with van der Waals surface area (Å²) in [4.78, 5) is 16.8. The molecule has 0 aliphatic rings. The summed E-state index contributed by atoms with van der Waals surface area (Å²) in [6, 6.07) is 11.1. The van der Waals surface area contributed by atoms with E-state index < -0.39 is 15.9 Å². The van der Waals surface area contributed by atoms with E-state index in [2.05, 4.69) is 15.4 Å². The van der Waals surface area contributed by atoms with E-state index >= 15 is 0 Å². The Balaban J connectivity index is 1.80. The summed E-state index contributed by atoms with van der Waals surface area (Å²) in [5, 5.41) is 7.13. The van der Waals surface area contributed by atoms with E-state index in [-0.39, 0.29) is 27.6 Å². The maximum Gasteiger partial charge on any atom is 0.253 e. The Morgan fingerprint density at radius 1 is 1.13 bits per heavy atom. The molecule has 2 aromatic carbocycles. The molecular weight excluding hydrogens is 438 g/mol. The molecule has 0 aliphatic carbocycles. The van der Waals surface area contributed by atoms with Gasteiger partial charge in [0, 0.05) is 13.1 Å². The summed E-state index contributed by atoms with van der Waals surface area (Å²) >= 11 is 6.21. The van der Waals surface area contributed by atoms with E-state index in [1.807, 2.05) is 31.2 Å². The normalized spacial score (nSPS) is 12.9. The molecule has 0 saturated heterocycles. The monoisotopic (exact) mass is 461 g/mol. The van der Waals surface area contributed by atoms with Gasteiger partial charge in [0.25, 0.3) is 5.91 Å². The van der Waals surface area contributed by atoms with Crippen LogP contribution in [0.1, 0.15) is 42.7 Å². The second-order valence-electron chi connectivity index (χ2n) is 7.38. The number of amides is 1. The van der Waals surface area contributed by atoms with Crippen molar-refractivity contribution in [3.05, 3.63) is 71.3 Å². The number of carbonyl (C=O) groups is 1. The van der Waals surface area contributed by atoms with Crippen LogP contribution in [0.15, 0.2) is 60.0 Å². The van der Waals surface area contributed by atoms with Crippen LogP contribution in [-0.2, 0) is 10.0 Å². The van der Waals surface area contributed by atoms with Crippen LogP contribution >= 0.6 is 11.6 Å². The predicted molar refractivity (Wildman–Crippen MR) is 119 cm³/mol. The third kappa shape index (κ3) is 4.95. The van der Waals surface area contributed by atoms with Crippen molar-refractivity contribution < 1.29 is 13.2 Å². The first-order valence-electron chi connectivity index (χ1n) is 9.64. The van der Waals surface area contributed by atoms with Crippen LogP contribution in [-0.4, -0.2) is 46.5 Å². The first kappa shape index (κ1) is 22.9. The molecule has 0 spiro atoms. The third-order valence-corrected chi connectivity index (χ3v) is 7.37. The molecule has 3 rings (SSSR count). The molecule has 3 aromatic rings. The molecule has 0 radical (unpaired) electrons. The van der Waals surface area contributed by atoms with Gasteiger partial charge in [-0.3, -0.25) is 4.79 Å². The summed E-state index contributed by atoms with van der Waals surface area (Å²) in [6.45, 7) is 5.39. The third-order valence-electron chi connectivity index (χ3n) is 5.01. The Hall–Kier alpha value is -2.75. The number of halogens is 1. The van der Waals surface area contributed by atoms with Crippen LogP contribution in [0.3, 0.4) is 0 Å². The average molecular weight is 462 g/mol. The van der Waals surface area contributed by atoms with Crippen LogP contribution in [0.5, 0.6) is 0 Å². The number of benzene rings is 2. The maximum absolute atomic E-state index is 12.9. The number of nitrogens with zero attached hydrogens (tertiary/aromatic N) is 4. The zero-order chi connectivity index (χ0) is 22.8. The molecular formula is C21H24ClN5O3S. The predicted octanol–water partition coefficient (Wildman–Crippen LogP) is 3.44. The highest BCUT2D eigenvalue weighted by Gasteiger charge is 2.25. The van der Waals surface area contributed by atoms with Crippen molar-refractivity contribution in [1.82, 2.24) is 24.4 Å². The minimum absolute atomic E-state index is 0.0167. The van der Waals surface area contributed by atoms with Crippen LogP contribution < -0.4 is 5.32 Å². The highest BCUT2D eigenvalue weighted by molar-refractivity contribution is 7.89. The fourth-order valence-electron chi connectivity index (χ4n) is 2.90. The van der Waals surface area contributed by atoms with Crippen LogP contribution in [0.25, 0.3) is 5.69 Å². The Bertz CT molecular complexity index is 1160. The molecule has 0 fully saturated rings. The Morgan fingerprint density at radius 3 is 2.39 bits per heavy atom. The van der Waals surface area contributed by atoms with Gasteiger partial charge >= 0.3 is 0 Å². The highest BCUT2D eigenvalue weighted by Crippen LogP contribution is 2.24. The lowest BCUT2D eigenvalue weighted by Gasteiger charge is -2.21. The van der Waals surface area contributed by atoms with E-state index in [4.69, 9.17) is 11.6 Å². The van der Waals surface area contributed by atoms with Crippen molar-refractivity contribution in [3.63, 3.8) is 0 Å². The lowest BCUT2D eigenvalue weighted by molar-refractivity contribution is 0.0940. The molecule has 31 heavy (non-hydrogen) atoms. The van der Waals surface area contributed by atoms with Gasteiger partial charge in [-0.25, -0.2) is 18.1 Å². The fraction of sp³-hybridized carbons (Fsp3) is 0.286. The molecule has 8 nitrogen and oxygen atoms in total. The fourth-order valence-corrected chi connectivity index (χ4v) is 4.50. The Kier molecular flexibility index (Phi) is 6.78. The zero-order valence-electron chi connectivity index (χ0n) is 17.7. The lowest BCUT2D eigenvalue weighted by Crippen LogP contribution is -2.33. The topological polar surface area (TPSA) is 97.2 Å². The largest absolute Gasteiger partial charge is 0.345 e. The molecule has 164 valence electrons. The molecule has 1 unspecified atom stereocenters. The van der Waals surface area contributed by atoms with Gasteiger partial charge in [-0.05, 0) is 56.7 Å². The molecule has 1 heterocycles. The van der Waals surface area contributed by atoms with Gasteiger partial charge in [0.2, 0.25) is 10.0 Å². The number of sulfonamides is 1. The smallest absolute Gasteiger partial charge is 0.253 e. The summed E-state index contributed by atoms with van der Waals surface area (Å²) in [5.41, 5.74) is 1.82. The molecule has 1 N–H and O–H groups in total. The standard InChI is InChI=1S/C21H24ClN5O3S/c1-14(2)26(4)31(29,30)18-9-10-20(22)19(11-18)21(28)25-15(3)16-5-7-17(8-6-16)27-13-23-12-24-27/h5-15H,1-4H3,(H,25,28). The second kappa shape index (κ2) is 9.17. The van der Waals surface area contributed by atoms with Crippen molar-refractivity contribution in [2.24, 2.45) is 0 Å². The van der Waals surface area contributed by atoms with Gasteiger partial charge in [0.1, 0.15) is 12.7 Å². The minimum atomic E-state index is -3.74. The number of hydrogen-bond donors (Lipinski definition) is 1. The van der Waals surface area contributed by atoms with E-state index in [0.717, 1.165) is 11.3 Å². The van der Waals surface area contributed by atoms with E-state index in [1.165, 1.54) is 35.9 Å². The van der Waals surface area contributed by atoms with Gasteiger partial charge in [0.15, 0.2) is 0 Å². The van der Waals surface area contributed by atoms with Crippen molar-refractivity contribution in [2.45, 2.75) is 37.8 Å². The van der Waals surface area contributed by atoms with Crippen molar-refractivity contribution in [2.75, 3.05) is 7.05 Å². The lowest BCUT2D eigenvalue weighted by atomic mass is 10.1. The van der Waals surface area contributed by atoms with Gasteiger partial charge in [0.05, 0.1) is 27.2 Å². The van der Waals surface area contributed by atoms with Gasteiger partial charge in [-0.2, -0.15) is 9.40 Å². The quantitative estimate of drug-likeness (QED) is 0.581. The number of aromatic nitrogens is 3. The van der Waals surface area contributed by atoms with Crippen LogP contribution in [0, 0.1) is 0 Å². The molecule has 0 bridgehead atoms. The molecule has 1 atom stereocenters. The number of carbonyl (C=O) groups excluding carboxylic acids is 1. The Labute approximate surface area is 186 Å². The van der Waals surface area contributed by atoms with Gasteiger partial charge in [-0.15, -0.1) is 0 Å². The van der Waals surface area contributed by atoms with Crippen LogP contribution in [0.2, 0.25) is 5.02 Å². The number of nitrogens with one attached hydrogen (secondary N) is 1. The summed E-state index contributed by atoms with van der Waals surface area (Å²) in [6.07, 6.45) is 3.05. The van der Waals surface area contributed by atoms with Gasteiger partial charge < -0.3 is 5.32 Å². The summed E-state index contributed by atoms with van der Waals surface area (Å²) in [5.74, 6) is -0.456. The first-order chi connectivity index (χ1) is 14.6. The number of rotatable bonds is 7. The molecule has 0 saturated carbocycles. The van der Waals surface area contributed by atoms with Crippen molar-refractivity contribution >= 4 is 27.5 Å². The van der Waals surface area contributed by atoms with Gasteiger partial charge in [-0.1, -0.05) is 23.7 Å². The maximum atomic E-state index is 12.9. The molecule has 0 aliphatic heterocycles. The average Bonchev–Trinajstić information content (AvgIpc) is 3.28. The van der Waals surface area contributed by atoms with Crippen molar-refractivity contribution in [3.8, 4) is 5.69 Å². The van der Waals surface area contributed by atoms with E-state index in [1.54, 1.807) is 24.9 Å². The second-order valence-corrected chi connectivity index (χ2v) is 9.79. The summed E-state index contributed by atoms with van der Waals surface area (Å²) in [7, 11) is -2.24. The summed E-state index contributed by atoms with van der Waals surface area (Å²) < 4.78 is 28.4. The Morgan fingerprint density at radius 2 is 1.81 bits per heavy atom. The molecule has 1 amide bonds. The minimum Gasteiger partial charge on any atom is -0.345 e. The van der Waals surface area contributed by atoms with E-state index in [9.17, 15) is 13.2 Å². The van der Waals surface area contributed by atoms with E-state index in [0.29, 0.717) is 0 Å². The zero-order valence-corrected chi connectivity index (χ0v) is 19.2.